The summed E-state index contributed by atoms with van der Waals surface area (Å²) >= 11 is 0. The molecule has 1 aliphatic rings. The van der Waals surface area contributed by atoms with E-state index in [1.165, 1.54) is 6.08 Å². The summed E-state index contributed by atoms with van der Waals surface area (Å²) in [7, 11) is 0. The van der Waals surface area contributed by atoms with E-state index in [1.807, 2.05) is 56.3 Å². The number of hydrogen-bond acceptors (Lipinski definition) is 4. The predicted molar refractivity (Wildman–Crippen MR) is 111 cm³/mol. The minimum absolute atomic E-state index is 0.128. The van der Waals surface area contributed by atoms with Gasteiger partial charge in [0.2, 0.25) is 5.91 Å². The van der Waals surface area contributed by atoms with Crippen LogP contribution in [0, 0.1) is 6.92 Å². The quantitative estimate of drug-likeness (QED) is 0.679. The Balaban J connectivity index is 1.60. The average Bonchev–Trinajstić information content (AvgIpc) is 3.21. The number of rotatable bonds is 8. The molecule has 1 atom stereocenters. The fourth-order valence-electron chi connectivity index (χ4n) is 3.00. The molecule has 1 unspecified atom stereocenters. The molecule has 2 aromatic carbocycles. The Morgan fingerprint density at radius 2 is 2.04 bits per heavy atom. The van der Waals surface area contributed by atoms with E-state index in [0.29, 0.717) is 24.7 Å². The molecule has 1 N–H and O–H groups in total. The highest BCUT2D eigenvalue weighted by molar-refractivity contribution is 6.02. The molecule has 5 heteroatoms. The molecule has 148 valence electrons. The van der Waals surface area contributed by atoms with E-state index in [2.05, 4.69) is 5.32 Å². The first kappa shape index (κ1) is 20.0. The van der Waals surface area contributed by atoms with Gasteiger partial charge < -0.3 is 19.5 Å². The predicted octanol–water partition coefficient (Wildman–Crippen LogP) is 4.60. The molecule has 0 aromatic heterocycles. The van der Waals surface area contributed by atoms with Crippen LogP contribution in [0.3, 0.4) is 0 Å². The fraction of sp³-hybridized carbons (Fsp3) is 0.348. The molecule has 5 nitrogen and oxygen atoms in total. The van der Waals surface area contributed by atoms with Gasteiger partial charge in [-0.1, -0.05) is 18.2 Å². The van der Waals surface area contributed by atoms with Crippen LogP contribution >= 0.6 is 0 Å². The third-order valence-electron chi connectivity index (χ3n) is 4.46. The largest absolute Gasteiger partial charge is 0.494 e. The Kier molecular flexibility index (Phi) is 7.09. The number of nitrogens with one attached hydrogen (secondary N) is 1. The summed E-state index contributed by atoms with van der Waals surface area (Å²) in [6, 6.07) is 13.3. The zero-order valence-corrected chi connectivity index (χ0v) is 16.4. The summed E-state index contributed by atoms with van der Waals surface area (Å²) in [6.45, 7) is 5.86. The minimum Gasteiger partial charge on any atom is -0.494 e. The molecule has 2 aromatic rings. The van der Waals surface area contributed by atoms with Crippen molar-refractivity contribution in [2.24, 2.45) is 0 Å². The molecule has 0 saturated carbocycles. The second-order valence-electron chi connectivity index (χ2n) is 6.77. The van der Waals surface area contributed by atoms with E-state index in [0.717, 1.165) is 36.3 Å². The molecule has 1 amide bonds. The number of carbonyl (C=O) groups excluding carboxylic acids is 1. The number of amides is 1. The molecule has 0 radical (unpaired) electrons. The first-order valence-electron chi connectivity index (χ1n) is 9.71. The van der Waals surface area contributed by atoms with Crippen molar-refractivity contribution in [3.63, 3.8) is 0 Å². The van der Waals surface area contributed by atoms with Crippen LogP contribution in [-0.4, -0.2) is 31.8 Å². The smallest absolute Gasteiger partial charge is 0.248 e. The van der Waals surface area contributed by atoms with Crippen molar-refractivity contribution >= 4 is 17.7 Å². The van der Waals surface area contributed by atoms with Gasteiger partial charge >= 0.3 is 0 Å². The van der Waals surface area contributed by atoms with Crippen molar-refractivity contribution in [1.29, 1.82) is 0 Å². The van der Waals surface area contributed by atoms with Gasteiger partial charge in [-0.05, 0) is 68.2 Å². The standard InChI is InChI=1S/C23H27NO4/c1-3-26-19-10-7-18(8-11-19)9-13-23(25)24-21-12-6-17(2)15-22(21)28-16-20-5-4-14-27-20/h6-13,15,20H,3-5,14,16H2,1-2H3,(H,24,25)/b13-9+. The maximum absolute atomic E-state index is 12.3. The average molecular weight is 381 g/mol. The van der Waals surface area contributed by atoms with Crippen molar-refractivity contribution in [3.8, 4) is 11.5 Å². The summed E-state index contributed by atoms with van der Waals surface area (Å²) in [5.41, 5.74) is 2.66. The SMILES string of the molecule is CCOc1ccc(/C=C/C(=O)Nc2ccc(C)cc2OCC2CCCO2)cc1. The third-order valence-corrected chi connectivity index (χ3v) is 4.46. The molecule has 1 fully saturated rings. The zero-order chi connectivity index (χ0) is 19.8. The van der Waals surface area contributed by atoms with Crippen LogP contribution in [0.15, 0.2) is 48.5 Å². The van der Waals surface area contributed by atoms with E-state index in [1.54, 1.807) is 6.08 Å². The molecule has 0 bridgehead atoms. The first-order chi connectivity index (χ1) is 13.6. The molecule has 1 saturated heterocycles. The van der Waals surface area contributed by atoms with Gasteiger partial charge in [-0.15, -0.1) is 0 Å². The Hall–Kier alpha value is -2.79. The van der Waals surface area contributed by atoms with Crippen LogP contribution < -0.4 is 14.8 Å². The lowest BCUT2D eigenvalue weighted by molar-refractivity contribution is -0.111. The summed E-state index contributed by atoms with van der Waals surface area (Å²) in [5, 5.41) is 2.90. The number of hydrogen-bond donors (Lipinski definition) is 1. The van der Waals surface area contributed by atoms with Crippen LogP contribution in [0.2, 0.25) is 0 Å². The van der Waals surface area contributed by atoms with E-state index >= 15 is 0 Å². The van der Waals surface area contributed by atoms with Crippen molar-refractivity contribution in [2.75, 3.05) is 25.1 Å². The molecule has 28 heavy (non-hydrogen) atoms. The maximum atomic E-state index is 12.3. The van der Waals surface area contributed by atoms with Crippen LogP contribution in [-0.2, 0) is 9.53 Å². The number of anilines is 1. The van der Waals surface area contributed by atoms with Crippen LogP contribution in [0.4, 0.5) is 5.69 Å². The third kappa shape index (κ3) is 5.86. The number of benzene rings is 2. The lowest BCUT2D eigenvalue weighted by Crippen LogP contribution is -2.17. The van der Waals surface area contributed by atoms with Crippen molar-refractivity contribution in [3.05, 3.63) is 59.7 Å². The zero-order valence-electron chi connectivity index (χ0n) is 16.4. The van der Waals surface area contributed by atoms with Crippen LogP contribution in [0.5, 0.6) is 11.5 Å². The molecule has 1 aliphatic heterocycles. The van der Waals surface area contributed by atoms with Gasteiger partial charge in [0.25, 0.3) is 0 Å². The van der Waals surface area contributed by atoms with Gasteiger partial charge in [0.05, 0.1) is 18.4 Å². The molecule has 3 rings (SSSR count). The van der Waals surface area contributed by atoms with Gasteiger partial charge in [-0.3, -0.25) is 4.79 Å². The van der Waals surface area contributed by atoms with Gasteiger partial charge in [0.15, 0.2) is 0 Å². The minimum atomic E-state index is -0.209. The van der Waals surface area contributed by atoms with Gasteiger partial charge in [-0.25, -0.2) is 0 Å². The van der Waals surface area contributed by atoms with Crippen molar-refractivity contribution in [2.45, 2.75) is 32.8 Å². The monoisotopic (exact) mass is 381 g/mol. The Bertz CT molecular complexity index is 808. The topological polar surface area (TPSA) is 56.8 Å². The van der Waals surface area contributed by atoms with E-state index in [4.69, 9.17) is 14.2 Å². The highest BCUT2D eigenvalue weighted by atomic mass is 16.5. The molecule has 0 spiro atoms. The lowest BCUT2D eigenvalue weighted by atomic mass is 10.2. The van der Waals surface area contributed by atoms with E-state index in [9.17, 15) is 4.79 Å². The highest BCUT2D eigenvalue weighted by Gasteiger charge is 2.17. The first-order valence-corrected chi connectivity index (χ1v) is 9.71. The Labute approximate surface area is 166 Å². The molecule has 1 heterocycles. The van der Waals surface area contributed by atoms with Gasteiger partial charge in [0.1, 0.15) is 18.1 Å². The second-order valence-corrected chi connectivity index (χ2v) is 6.77. The van der Waals surface area contributed by atoms with Gasteiger partial charge in [0, 0.05) is 12.7 Å². The number of ether oxygens (including phenoxy) is 3. The van der Waals surface area contributed by atoms with E-state index < -0.39 is 0 Å². The van der Waals surface area contributed by atoms with Gasteiger partial charge in [-0.2, -0.15) is 0 Å². The molecular formula is C23H27NO4. The molecule has 0 aliphatic carbocycles. The van der Waals surface area contributed by atoms with Crippen molar-refractivity contribution in [1.82, 2.24) is 0 Å². The lowest BCUT2D eigenvalue weighted by Gasteiger charge is -2.15. The maximum Gasteiger partial charge on any atom is 0.248 e. The van der Waals surface area contributed by atoms with E-state index in [-0.39, 0.29) is 12.0 Å². The second kappa shape index (κ2) is 9.95. The number of carbonyl (C=O) groups is 1. The van der Waals surface area contributed by atoms with Crippen LogP contribution in [0.1, 0.15) is 30.9 Å². The Morgan fingerprint density at radius 3 is 2.75 bits per heavy atom. The van der Waals surface area contributed by atoms with Crippen molar-refractivity contribution < 1.29 is 19.0 Å². The summed E-state index contributed by atoms with van der Waals surface area (Å²) < 4.78 is 17.0. The Morgan fingerprint density at radius 1 is 1.21 bits per heavy atom. The summed E-state index contributed by atoms with van der Waals surface area (Å²) in [6.07, 6.45) is 5.50. The van der Waals surface area contributed by atoms with Crippen LogP contribution in [0.25, 0.3) is 6.08 Å². The summed E-state index contributed by atoms with van der Waals surface area (Å²) in [5.74, 6) is 1.27. The highest BCUT2D eigenvalue weighted by Crippen LogP contribution is 2.27. The number of aryl methyl sites for hydroxylation is 1. The normalized spacial score (nSPS) is 16.3. The molecular weight excluding hydrogens is 354 g/mol. The summed E-state index contributed by atoms with van der Waals surface area (Å²) in [4.78, 5) is 12.3. The fourth-order valence-corrected chi connectivity index (χ4v) is 3.00.